The molecule has 2 saturated carbocycles. The molecule has 0 heterocycles. The van der Waals surface area contributed by atoms with Crippen LogP contribution in [-0.2, 0) is 20.4 Å². The van der Waals surface area contributed by atoms with Crippen LogP contribution in [0.4, 0.5) is 26.3 Å². The quantitative estimate of drug-likeness (QED) is 0.134. The van der Waals surface area contributed by atoms with Crippen molar-refractivity contribution >= 4 is 24.2 Å². The van der Waals surface area contributed by atoms with Crippen molar-refractivity contribution in [3.05, 3.63) is 23.8 Å². The molecule has 0 bridgehead atoms. The third-order valence-corrected chi connectivity index (χ3v) is 12.0. The van der Waals surface area contributed by atoms with Gasteiger partial charge in [-0.1, -0.05) is 12.9 Å². The van der Waals surface area contributed by atoms with Crippen LogP contribution in [0.2, 0.25) is 0 Å². The molecule has 0 aromatic heterocycles. The van der Waals surface area contributed by atoms with Crippen LogP contribution in [0, 0.1) is 5.62 Å². The van der Waals surface area contributed by atoms with Crippen molar-refractivity contribution in [3.8, 4) is 11.5 Å². The third-order valence-electron chi connectivity index (χ3n) is 6.14. The van der Waals surface area contributed by atoms with Crippen LogP contribution in [0.25, 0.3) is 0 Å². The van der Waals surface area contributed by atoms with Gasteiger partial charge in [-0.2, -0.15) is 26.3 Å². The summed E-state index contributed by atoms with van der Waals surface area (Å²) in [6, 6.07) is 4.16. The van der Waals surface area contributed by atoms with Crippen LogP contribution < -0.4 is 14.8 Å². The number of ether oxygens (including phenoxy) is 2. The first-order chi connectivity index (χ1) is 14.5. The maximum absolute atomic E-state index is 12.7. The topological polar surface area (TPSA) is 18.5 Å². The van der Waals surface area contributed by atoms with Crippen molar-refractivity contribution in [1.29, 1.82) is 0 Å². The Balaban J connectivity index is 0.00000363. The molecule has 2 aliphatic rings. The summed E-state index contributed by atoms with van der Waals surface area (Å²) < 4.78 is 86.1. The summed E-state index contributed by atoms with van der Waals surface area (Å²) in [4.78, 5) is 0. The van der Waals surface area contributed by atoms with Gasteiger partial charge in [0, 0.05) is 49.9 Å². The van der Waals surface area contributed by atoms with Gasteiger partial charge < -0.3 is 21.1 Å². The Kier molecular flexibility index (Phi) is 10.0. The fourth-order valence-electron chi connectivity index (χ4n) is 4.88. The molecular formula is C21H26ClF6O2PPd. The van der Waals surface area contributed by atoms with Crippen LogP contribution in [-0.4, -0.2) is 36.9 Å². The summed E-state index contributed by atoms with van der Waals surface area (Å²) in [5.41, 5.74) is 2.26. The van der Waals surface area contributed by atoms with Crippen molar-refractivity contribution in [2.24, 2.45) is 0 Å². The van der Waals surface area contributed by atoms with E-state index in [1.807, 2.05) is 0 Å². The Morgan fingerprint density at radius 1 is 0.781 bits per heavy atom. The number of rotatable bonds is 8. The zero-order valence-corrected chi connectivity index (χ0v) is 20.5. The predicted molar refractivity (Wildman–Crippen MR) is 111 cm³/mol. The Morgan fingerprint density at radius 3 is 1.47 bits per heavy atom. The summed E-state index contributed by atoms with van der Waals surface area (Å²) in [7, 11) is -2.19. The average Bonchev–Trinajstić information content (AvgIpc) is 3.40. The molecule has 186 valence electrons. The molecule has 0 spiro atoms. The SMILES string of the molecule is FC(F)(F)COc1cc(OCC(F)(F)F)cc([P+]([CH-]Cl)(C2CCCC2)C2CCCC2)c1.[Pd]. The molecule has 32 heavy (non-hydrogen) atoms. The Labute approximate surface area is 203 Å². The van der Waals surface area contributed by atoms with Gasteiger partial charge in [-0.15, -0.1) is 0 Å². The zero-order valence-electron chi connectivity index (χ0n) is 17.3. The molecule has 0 atom stereocenters. The minimum Gasteiger partial charge on any atom is -0.484 e. The molecule has 2 fully saturated rings. The van der Waals surface area contributed by atoms with E-state index in [0.717, 1.165) is 57.4 Å². The molecule has 0 saturated heterocycles. The van der Waals surface area contributed by atoms with E-state index in [4.69, 9.17) is 21.1 Å². The van der Waals surface area contributed by atoms with Crippen LogP contribution in [0.3, 0.4) is 0 Å². The molecule has 2 nitrogen and oxygen atoms in total. The van der Waals surface area contributed by atoms with E-state index < -0.39 is 32.8 Å². The van der Waals surface area contributed by atoms with Crippen LogP contribution >= 0.6 is 18.9 Å². The van der Waals surface area contributed by atoms with Crippen molar-refractivity contribution in [1.82, 2.24) is 0 Å². The van der Waals surface area contributed by atoms with Crippen molar-refractivity contribution in [2.45, 2.75) is 75.0 Å². The minimum absolute atomic E-state index is 0. The molecule has 3 rings (SSSR count). The monoisotopic (exact) mass is 596 g/mol. The first-order valence-corrected chi connectivity index (χ1v) is 12.8. The summed E-state index contributed by atoms with van der Waals surface area (Å²) in [5.74, 6) is -0.295. The van der Waals surface area contributed by atoms with Crippen molar-refractivity contribution in [2.75, 3.05) is 13.2 Å². The van der Waals surface area contributed by atoms with Crippen molar-refractivity contribution < 1.29 is 56.2 Å². The van der Waals surface area contributed by atoms with E-state index in [9.17, 15) is 26.3 Å². The summed E-state index contributed by atoms with van der Waals surface area (Å²) in [6.07, 6.45) is -1.11. The van der Waals surface area contributed by atoms with Gasteiger partial charge in [0.25, 0.3) is 0 Å². The minimum atomic E-state index is -4.56. The Morgan fingerprint density at radius 2 is 1.16 bits per heavy atom. The Bertz CT molecular complexity index is 682. The molecule has 1 aromatic rings. The largest absolute Gasteiger partial charge is 0.484 e. The number of hydrogen-bond acceptors (Lipinski definition) is 2. The molecule has 0 radical (unpaired) electrons. The van der Waals surface area contributed by atoms with Gasteiger partial charge in [0.1, 0.15) is 11.5 Å². The van der Waals surface area contributed by atoms with Crippen LogP contribution in [0.5, 0.6) is 11.5 Å². The number of hydrogen-bond donors (Lipinski definition) is 0. The zero-order chi connectivity index (χ0) is 22.7. The van der Waals surface area contributed by atoms with E-state index in [1.54, 1.807) is 5.62 Å². The van der Waals surface area contributed by atoms with Gasteiger partial charge in [0.05, 0.1) is 5.30 Å². The van der Waals surface area contributed by atoms with E-state index in [1.165, 1.54) is 12.1 Å². The molecule has 11 heteroatoms. The molecule has 0 aliphatic heterocycles. The Hall–Kier alpha value is -0.218. The summed E-state index contributed by atoms with van der Waals surface area (Å²) >= 11 is 6.51. The first kappa shape index (κ1) is 28.0. The standard InChI is InChI=1S/C21H26ClF6O2P.Pd/c22-14-31(17-5-1-2-6-17,18-7-3-4-8-18)19-10-15(29-12-20(23,24)25)9-16(11-19)30-13-21(26,27)28;/h9-11,14,17-18H,1-8,12-13H2;. The van der Waals surface area contributed by atoms with Crippen molar-refractivity contribution in [3.63, 3.8) is 0 Å². The maximum atomic E-state index is 12.7. The molecule has 0 unspecified atom stereocenters. The van der Waals surface area contributed by atoms with Gasteiger partial charge in [0.2, 0.25) is 0 Å². The first-order valence-electron chi connectivity index (χ1n) is 10.4. The van der Waals surface area contributed by atoms with Gasteiger partial charge in [0.15, 0.2) is 13.2 Å². The average molecular weight is 597 g/mol. The summed E-state index contributed by atoms with van der Waals surface area (Å²) in [6.45, 7) is -3.06. The molecule has 2 aliphatic carbocycles. The van der Waals surface area contributed by atoms with E-state index in [-0.39, 0.29) is 43.2 Å². The van der Waals surface area contributed by atoms with Crippen LogP contribution in [0.15, 0.2) is 18.2 Å². The number of halogens is 7. The molecule has 0 N–H and O–H groups in total. The second-order valence-electron chi connectivity index (χ2n) is 8.28. The molecule has 0 amide bonds. The predicted octanol–water partition coefficient (Wildman–Crippen LogP) is 7.45. The van der Waals surface area contributed by atoms with Gasteiger partial charge in [-0.25, -0.2) is 0 Å². The van der Waals surface area contributed by atoms with Gasteiger partial charge >= 0.3 is 12.4 Å². The smallest absolute Gasteiger partial charge is 0.422 e. The van der Waals surface area contributed by atoms with Gasteiger partial charge in [-0.05, 0) is 51.4 Å². The summed E-state index contributed by atoms with van der Waals surface area (Å²) in [5, 5.41) is 0.679. The molecule has 1 aromatic carbocycles. The second kappa shape index (κ2) is 11.5. The normalized spacial score (nSPS) is 18.6. The number of alkyl halides is 6. The van der Waals surface area contributed by atoms with Gasteiger partial charge in [-0.3, -0.25) is 0 Å². The molecular weight excluding hydrogens is 571 g/mol. The fraction of sp³-hybridized carbons (Fsp3) is 0.667. The third kappa shape index (κ3) is 7.14. The van der Waals surface area contributed by atoms with E-state index in [0.29, 0.717) is 5.30 Å². The van der Waals surface area contributed by atoms with E-state index in [2.05, 4.69) is 0 Å². The van der Waals surface area contributed by atoms with E-state index >= 15 is 0 Å². The number of benzene rings is 1. The second-order valence-corrected chi connectivity index (χ2v) is 12.7. The maximum Gasteiger partial charge on any atom is 0.422 e. The van der Waals surface area contributed by atoms with Crippen LogP contribution in [0.1, 0.15) is 51.4 Å². The fourth-order valence-corrected chi connectivity index (χ4v) is 11.2.